The highest BCUT2D eigenvalue weighted by molar-refractivity contribution is 5.90. The van der Waals surface area contributed by atoms with Gasteiger partial charge in [0.2, 0.25) is 5.43 Å². The summed E-state index contributed by atoms with van der Waals surface area (Å²) in [6.07, 6.45) is 0. The fourth-order valence-electron chi connectivity index (χ4n) is 2.01. The molecule has 0 atom stereocenters. The van der Waals surface area contributed by atoms with E-state index in [1.54, 1.807) is 0 Å². The van der Waals surface area contributed by atoms with E-state index < -0.39 is 11.0 Å². The number of H-pyrrole nitrogens is 1. The number of aromatic nitrogens is 1. The molecule has 1 aromatic carbocycles. The van der Waals surface area contributed by atoms with Crippen molar-refractivity contribution in [3.8, 4) is 5.75 Å². The third-order valence-electron chi connectivity index (χ3n) is 3.03. The maximum atomic E-state index is 11.5. The Morgan fingerprint density at radius 3 is 2.35 bits per heavy atom. The summed E-state index contributed by atoms with van der Waals surface area (Å²) in [6, 6.07) is 2.88. The highest BCUT2D eigenvalue weighted by Crippen LogP contribution is 2.28. The summed E-state index contributed by atoms with van der Waals surface area (Å²) in [5.41, 5.74) is 1.74. The SMILES string of the molecule is Cc1cc(C)c2[nH]c(=O)c(=O)cc(O)c2c1C. The maximum absolute atomic E-state index is 11.5. The van der Waals surface area contributed by atoms with Crippen molar-refractivity contribution in [2.24, 2.45) is 0 Å². The number of aromatic amines is 1. The van der Waals surface area contributed by atoms with Crippen molar-refractivity contribution in [2.45, 2.75) is 20.8 Å². The van der Waals surface area contributed by atoms with E-state index in [9.17, 15) is 14.7 Å². The first-order valence-corrected chi connectivity index (χ1v) is 5.29. The predicted molar refractivity (Wildman–Crippen MR) is 66.7 cm³/mol. The van der Waals surface area contributed by atoms with Crippen LogP contribution in [-0.4, -0.2) is 10.1 Å². The molecule has 2 rings (SSSR count). The van der Waals surface area contributed by atoms with E-state index in [0.717, 1.165) is 22.8 Å². The molecule has 1 heterocycles. The number of nitrogens with one attached hydrogen (secondary N) is 1. The zero-order valence-corrected chi connectivity index (χ0v) is 9.92. The molecule has 2 N–H and O–H groups in total. The minimum atomic E-state index is -0.741. The normalized spacial score (nSPS) is 10.8. The van der Waals surface area contributed by atoms with E-state index >= 15 is 0 Å². The summed E-state index contributed by atoms with van der Waals surface area (Å²) < 4.78 is 0. The zero-order valence-electron chi connectivity index (χ0n) is 9.92. The molecular weight excluding hydrogens is 218 g/mol. The number of hydrogen-bond donors (Lipinski definition) is 2. The van der Waals surface area contributed by atoms with Crippen LogP contribution in [0.2, 0.25) is 0 Å². The van der Waals surface area contributed by atoms with Crippen LogP contribution >= 0.6 is 0 Å². The van der Waals surface area contributed by atoms with Crippen molar-refractivity contribution >= 4 is 10.9 Å². The molecule has 0 saturated heterocycles. The van der Waals surface area contributed by atoms with Gasteiger partial charge in [-0.25, -0.2) is 0 Å². The van der Waals surface area contributed by atoms with E-state index in [-0.39, 0.29) is 5.75 Å². The fraction of sp³-hybridized carbons (Fsp3) is 0.231. The molecule has 0 aliphatic carbocycles. The number of aromatic hydroxyl groups is 1. The smallest absolute Gasteiger partial charge is 0.296 e. The van der Waals surface area contributed by atoms with E-state index in [1.165, 1.54) is 0 Å². The van der Waals surface area contributed by atoms with Crippen molar-refractivity contribution in [1.82, 2.24) is 4.98 Å². The van der Waals surface area contributed by atoms with Crippen LogP contribution < -0.4 is 11.0 Å². The Kier molecular flexibility index (Phi) is 2.50. The average Bonchev–Trinajstić information content (AvgIpc) is 2.35. The lowest BCUT2D eigenvalue weighted by Crippen LogP contribution is -2.22. The highest BCUT2D eigenvalue weighted by Gasteiger charge is 2.09. The lowest BCUT2D eigenvalue weighted by atomic mass is 10.0. The van der Waals surface area contributed by atoms with Gasteiger partial charge in [-0.2, -0.15) is 0 Å². The molecule has 0 radical (unpaired) electrons. The van der Waals surface area contributed by atoms with Crippen LogP contribution in [0.4, 0.5) is 0 Å². The number of benzene rings is 1. The second kappa shape index (κ2) is 3.73. The zero-order chi connectivity index (χ0) is 12.7. The summed E-state index contributed by atoms with van der Waals surface area (Å²) in [5, 5.41) is 10.4. The number of rotatable bonds is 0. The first kappa shape index (κ1) is 11.4. The lowest BCUT2D eigenvalue weighted by Gasteiger charge is -2.07. The third kappa shape index (κ3) is 1.71. The van der Waals surface area contributed by atoms with Crippen molar-refractivity contribution < 1.29 is 5.11 Å². The Hall–Kier alpha value is -2.10. The maximum Gasteiger partial charge on any atom is 0.296 e. The highest BCUT2D eigenvalue weighted by atomic mass is 16.3. The molecule has 0 fully saturated rings. The van der Waals surface area contributed by atoms with E-state index in [0.29, 0.717) is 10.9 Å². The second-order valence-corrected chi connectivity index (χ2v) is 4.23. The first-order valence-electron chi connectivity index (χ1n) is 5.29. The fourth-order valence-corrected chi connectivity index (χ4v) is 2.01. The van der Waals surface area contributed by atoms with Gasteiger partial charge in [0.15, 0.2) is 0 Å². The second-order valence-electron chi connectivity index (χ2n) is 4.23. The third-order valence-corrected chi connectivity index (χ3v) is 3.03. The molecular formula is C13H13NO3. The summed E-state index contributed by atoms with van der Waals surface area (Å²) in [6.45, 7) is 5.60. The molecule has 0 bridgehead atoms. The molecule has 1 aromatic heterocycles. The summed E-state index contributed by atoms with van der Waals surface area (Å²) in [7, 11) is 0. The minimum Gasteiger partial charge on any atom is -0.507 e. The number of fused-ring (bicyclic) bond motifs is 1. The Labute approximate surface area is 97.6 Å². The number of hydrogen-bond acceptors (Lipinski definition) is 3. The molecule has 4 heteroatoms. The Morgan fingerprint density at radius 1 is 1.06 bits per heavy atom. The van der Waals surface area contributed by atoms with Gasteiger partial charge < -0.3 is 10.1 Å². The van der Waals surface area contributed by atoms with Crippen LogP contribution in [0.25, 0.3) is 10.9 Å². The van der Waals surface area contributed by atoms with Crippen LogP contribution in [-0.2, 0) is 0 Å². The molecule has 0 unspecified atom stereocenters. The molecule has 2 aromatic rings. The summed E-state index contributed by atoms with van der Waals surface area (Å²) in [5.74, 6) is -0.160. The van der Waals surface area contributed by atoms with Crippen LogP contribution in [0, 0.1) is 20.8 Å². The van der Waals surface area contributed by atoms with Gasteiger partial charge in [0, 0.05) is 11.5 Å². The van der Waals surface area contributed by atoms with Crippen molar-refractivity contribution in [3.63, 3.8) is 0 Å². The standard InChI is InChI=1S/C13H13NO3/c1-6-4-7(2)12-11(8(6)3)9(15)5-10(16)13(17)14-12/h4-5,15H,1-3H3,(H,14,16,17). The van der Waals surface area contributed by atoms with Crippen molar-refractivity contribution in [1.29, 1.82) is 0 Å². The van der Waals surface area contributed by atoms with Crippen LogP contribution in [0.5, 0.6) is 5.75 Å². The van der Waals surface area contributed by atoms with Gasteiger partial charge in [-0.15, -0.1) is 0 Å². The van der Waals surface area contributed by atoms with E-state index in [2.05, 4.69) is 4.98 Å². The van der Waals surface area contributed by atoms with Crippen molar-refractivity contribution in [3.05, 3.63) is 49.4 Å². The van der Waals surface area contributed by atoms with Gasteiger partial charge in [-0.05, 0) is 37.5 Å². The molecule has 0 aliphatic heterocycles. The van der Waals surface area contributed by atoms with Gasteiger partial charge in [0.1, 0.15) is 5.75 Å². The summed E-state index contributed by atoms with van der Waals surface area (Å²) >= 11 is 0. The van der Waals surface area contributed by atoms with Gasteiger partial charge in [0.25, 0.3) is 5.56 Å². The lowest BCUT2D eigenvalue weighted by molar-refractivity contribution is 0.481. The molecule has 0 spiro atoms. The van der Waals surface area contributed by atoms with Crippen molar-refractivity contribution in [2.75, 3.05) is 0 Å². The quantitative estimate of drug-likeness (QED) is 0.675. The monoisotopic (exact) mass is 231 g/mol. The minimum absolute atomic E-state index is 0.160. The Bertz CT molecular complexity index is 729. The molecule has 0 aliphatic rings. The molecule has 88 valence electrons. The topological polar surface area (TPSA) is 70.2 Å². The van der Waals surface area contributed by atoms with E-state index in [4.69, 9.17) is 0 Å². The molecule has 0 amide bonds. The molecule has 0 saturated carbocycles. The van der Waals surface area contributed by atoms with Gasteiger partial charge >= 0.3 is 0 Å². The molecule has 17 heavy (non-hydrogen) atoms. The van der Waals surface area contributed by atoms with Crippen LogP contribution in [0.1, 0.15) is 16.7 Å². The average molecular weight is 231 g/mol. The molecule has 4 nitrogen and oxygen atoms in total. The van der Waals surface area contributed by atoms with Gasteiger partial charge in [0.05, 0.1) is 5.52 Å². The number of aryl methyl sites for hydroxylation is 3. The Balaban J connectivity index is 3.24. The van der Waals surface area contributed by atoms with Crippen LogP contribution in [0.15, 0.2) is 21.7 Å². The van der Waals surface area contributed by atoms with Gasteiger partial charge in [-0.3, -0.25) is 9.59 Å². The largest absolute Gasteiger partial charge is 0.507 e. The van der Waals surface area contributed by atoms with Gasteiger partial charge in [-0.1, -0.05) is 6.07 Å². The summed E-state index contributed by atoms with van der Waals surface area (Å²) in [4.78, 5) is 25.3. The first-order chi connectivity index (χ1) is 7.91. The Morgan fingerprint density at radius 2 is 1.71 bits per heavy atom. The van der Waals surface area contributed by atoms with E-state index in [1.807, 2.05) is 26.8 Å². The van der Waals surface area contributed by atoms with Crippen LogP contribution in [0.3, 0.4) is 0 Å². The predicted octanol–water partition coefficient (Wildman–Crippen LogP) is 1.52.